The molecule has 0 aromatic heterocycles. The first kappa shape index (κ1) is 29.1. The fourth-order valence-electron chi connectivity index (χ4n) is 4.32. The van der Waals surface area contributed by atoms with E-state index >= 15 is 0 Å². The van der Waals surface area contributed by atoms with E-state index in [2.05, 4.69) is 0 Å². The molecule has 2 N–H and O–H groups in total. The number of rotatable bonds is 10. The summed E-state index contributed by atoms with van der Waals surface area (Å²) in [7, 11) is 0. The number of benzene rings is 4. The zero-order valence-corrected chi connectivity index (χ0v) is 23.3. The van der Waals surface area contributed by atoms with Gasteiger partial charge in [-0.2, -0.15) is 0 Å². The molecule has 4 rings (SSSR count). The third-order valence-electron chi connectivity index (χ3n) is 6.29. The van der Waals surface area contributed by atoms with E-state index in [1.54, 1.807) is 72.8 Å². The fourth-order valence-corrected chi connectivity index (χ4v) is 5.57. The molecule has 11 heteroatoms. The van der Waals surface area contributed by atoms with Crippen molar-refractivity contribution in [1.82, 2.24) is 0 Å². The fraction of sp³-hybridized carbons (Fsp3) is 0.138. The SMILES string of the molecule is Cc1ccc(N(c2ccc(Cc3ccc(N(c4ccc(C)cc4)S(=O)[O-])c(C(=O)O)c3)cc2CO)S(=O)[O-])cc1. The first-order chi connectivity index (χ1) is 19.1. The van der Waals surface area contributed by atoms with Crippen LogP contribution in [-0.4, -0.2) is 33.7 Å². The molecule has 0 aliphatic carbocycles. The van der Waals surface area contributed by atoms with Gasteiger partial charge in [0.05, 0.1) is 57.5 Å². The van der Waals surface area contributed by atoms with E-state index in [0.29, 0.717) is 28.1 Å². The number of hydrogen-bond acceptors (Lipinski definition) is 6. The lowest BCUT2D eigenvalue weighted by Gasteiger charge is -2.29. The van der Waals surface area contributed by atoms with Crippen molar-refractivity contribution in [3.05, 3.63) is 118 Å². The number of carboxylic acids is 1. The van der Waals surface area contributed by atoms with Crippen LogP contribution in [-0.2, 0) is 35.6 Å². The van der Waals surface area contributed by atoms with E-state index < -0.39 is 35.1 Å². The lowest BCUT2D eigenvalue weighted by molar-refractivity contribution is 0.0697. The van der Waals surface area contributed by atoms with Crippen molar-refractivity contribution in [1.29, 1.82) is 0 Å². The summed E-state index contributed by atoms with van der Waals surface area (Å²) < 4.78 is 50.5. The topological polar surface area (TPSA) is 144 Å². The smallest absolute Gasteiger partial charge is 0.337 e. The minimum atomic E-state index is -2.78. The Kier molecular flexibility index (Phi) is 9.13. The van der Waals surface area contributed by atoms with Crippen molar-refractivity contribution in [2.75, 3.05) is 8.61 Å². The molecular formula is C29H26N2O7S2-2. The van der Waals surface area contributed by atoms with Gasteiger partial charge in [-0.15, -0.1) is 0 Å². The predicted octanol–water partition coefficient (Wildman–Crippen LogP) is 4.95. The second-order valence-electron chi connectivity index (χ2n) is 9.15. The first-order valence-electron chi connectivity index (χ1n) is 12.1. The maximum Gasteiger partial charge on any atom is 0.337 e. The van der Waals surface area contributed by atoms with E-state index in [1.165, 1.54) is 12.1 Å². The molecule has 0 bridgehead atoms. The van der Waals surface area contributed by atoms with Crippen molar-refractivity contribution in [2.24, 2.45) is 0 Å². The highest BCUT2D eigenvalue weighted by Crippen LogP contribution is 2.34. The predicted molar refractivity (Wildman–Crippen MR) is 153 cm³/mol. The highest BCUT2D eigenvalue weighted by Gasteiger charge is 2.20. The van der Waals surface area contributed by atoms with Gasteiger partial charge in [-0.1, -0.05) is 53.6 Å². The van der Waals surface area contributed by atoms with Crippen LogP contribution in [0.3, 0.4) is 0 Å². The summed E-state index contributed by atoms with van der Waals surface area (Å²) >= 11 is -5.43. The van der Waals surface area contributed by atoms with Gasteiger partial charge < -0.3 is 19.3 Å². The van der Waals surface area contributed by atoms with Crippen LogP contribution in [0.15, 0.2) is 84.9 Å². The largest absolute Gasteiger partial charge is 0.755 e. The molecule has 0 aliphatic heterocycles. The van der Waals surface area contributed by atoms with E-state index in [1.807, 2.05) is 13.8 Å². The molecule has 2 atom stereocenters. The van der Waals surface area contributed by atoms with Crippen molar-refractivity contribution in [3.8, 4) is 0 Å². The molecule has 0 amide bonds. The summed E-state index contributed by atoms with van der Waals surface area (Å²) in [5.41, 5.74) is 4.32. The number of aryl methyl sites for hydroxylation is 2. The summed E-state index contributed by atoms with van der Waals surface area (Å²) in [5, 5.41) is 20.0. The average molecular weight is 579 g/mol. The van der Waals surface area contributed by atoms with Gasteiger partial charge in [-0.25, -0.2) is 4.79 Å². The van der Waals surface area contributed by atoms with Gasteiger partial charge in [0.15, 0.2) is 0 Å². The van der Waals surface area contributed by atoms with Gasteiger partial charge >= 0.3 is 5.97 Å². The second kappa shape index (κ2) is 12.5. The summed E-state index contributed by atoms with van der Waals surface area (Å²) in [6, 6.07) is 23.0. The van der Waals surface area contributed by atoms with Crippen LogP contribution in [0.2, 0.25) is 0 Å². The third-order valence-corrected chi connectivity index (χ3v) is 7.70. The number of carboxylic acid groups (broad SMARTS) is 1. The Labute approximate surface area is 237 Å². The van der Waals surface area contributed by atoms with Gasteiger partial charge in [0.2, 0.25) is 0 Å². The molecule has 0 saturated carbocycles. The lowest BCUT2D eigenvalue weighted by atomic mass is 9.99. The highest BCUT2D eigenvalue weighted by molar-refractivity contribution is 7.81. The van der Waals surface area contributed by atoms with Gasteiger partial charge in [-0.3, -0.25) is 17.0 Å². The van der Waals surface area contributed by atoms with Gasteiger partial charge in [0.25, 0.3) is 0 Å². The van der Waals surface area contributed by atoms with E-state index in [0.717, 1.165) is 19.7 Å². The van der Waals surface area contributed by atoms with Crippen LogP contribution in [0.5, 0.6) is 0 Å². The van der Waals surface area contributed by atoms with Crippen LogP contribution < -0.4 is 8.61 Å². The molecule has 0 aliphatic rings. The van der Waals surface area contributed by atoms with Crippen molar-refractivity contribution in [3.63, 3.8) is 0 Å². The Morgan fingerprint density at radius 2 is 1.18 bits per heavy atom. The molecule has 0 fully saturated rings. The Hall–Kier alpha value is -3.87. The van der Waals surface area contributed by atoms with Gasteiger partial charge in [0.1, 0.15) is 0 Å². The highest BCUT2D eigenvalue weighted by atomic mass is 32.2. The number of aromatic carboxylic acids is 1. The molecule has 0 spiro atoms. The third kappa shape index (κ3) is 6.46. The van der Waals surface area contributed by atoms with Crippen molar-refractivity contribution < 1.29 is 32.5 Å². The van der Waals surface area contributed by atoms with Crippen LogP contribution in [0.4, 0.5) is 22.7 Å². The molecule has 0 radical (unpaired) electrons. The number of aliphatic hydroxyl groups is 1. The molecule has 0 saturated heterocycles. The lowest BCUT2D eigenvalue weighted by Crippen LogP contribution is -2.22. The summed E-state index contributed by atoms with van der Waals surface area (Å²) in [4.78, 5) is 12.2. The second-order valence-corrected chi connectivity index (χ2v) is 10.7. The van der Waals surface area contributed by atoms with Crippen LogP contribution >= 0.6 is 0 Å². The maximum atomic E-state index is 12.2. The van der Waals surface area contributed by atoms with E-state index in [-0.39, 0.29) is 23.4 Å². The molecule has 9 nitrogen and oxygen atoms in total. The zero-order valence-electron chi connectivity index (χ0n) is 21.6. The normalized spacial score (nSPS) is 12.5. The number of hydrogen-bond donors (Lipinski definition) is 2. The Morgan fingerprint density at radius 1 is 0.725 bits per heavy atom. The summed E-state index contributed by atoms with van der Waals surface area (Å²) in [6.07, 6.45) is 0.254. The molecule has 2 unspecified atom stereocenters. The molecular weight excluding hydrogens is 552 g/mol. The quantitative estimate of drug-likeness (QED) is 0.253. The van der Waals surface area contributed by atoms with Crippen molar-refractivity contribution >= 4 is 51.3 Å². The molecule has 0 heterocycles. The Bertz CT molecular complexity index is 1570. The molecule has 4 aromatic rings. The molecule has 4 aromatic carbocycles. The monoisotopic (exact) mass is 578 g/mol. The van der Waals surface area contributed by atoms with E-state index in [9.17, 15) is 32.5 Å². The number of anilines is 4. The minimum absolute atomic E-state index is 0.00787. The zero-order chi connectivity index (χ0) is 29.0. The summed E-state index contributed by atoms with van der Waals surface area (Å²) in [5.74, 6) is -1.29. The Morgan fingerprint density at radius 3 is 1.62 bits per heavy atom. The average Bonchev–Trinajstić information content (AvgIpc) is 2.92. The minimum Gasteiger partial charge on any atom is -0.755 e. The van der Waals surface area contributed by atoms with Crippen LogP contribution in [0.1, 0.15) is 38.2 Å². The first-order valence-corrected chi connectivity index (χ1v) is 14.2. The number of aliphatic hydroxyl groups excluding tert-OH is 1. The van der Waals surface area contributed by atoms with Crippen LogP contribution in [0, 0.1) is 13.8 Å². The van der Waals surface area contributed by atoms with Crippen molar-refractivity contribution in [2.45, 2.75) is 26.9 Å². The number of carbonyl (C=O) groups is 1. The maximum absolute atomic E-state index is 12.2. The van der Waals surface area contributed by atoms with Gasteiger partial charge in [-0.05, 0) is 73.9 Å². The standard InChI is InChI=1S/C29H28N2O7S2/c1-19-3-9-24(10-4-19)30(39(35)36)27-13-7-21(16-23(27)18-32)15-22-8-14-28(26(17-22)29(33)34)31(40(37)38)25-11-5-20(2)6-12-25/h3-14,16-17,32H,15,18H2,1-2H3,(H,33,34)(H,35,36)(H,37,38)/p-2. The Balaban J connectivity index is 1.68. The molecule has 208 valence electrons. The number of nitrogens with zero attached hydrogens (tertiary/aromatic N) is 2. The summed E-state index contributed by atoms with van der Waals surface area (Å²) in [6.45, 7) is 3.32. The molecule has 40 heavy (non-hydrogen) atoms. The van der Waals surface area contributed by atoms with Crippen LogP contribution in [0.25, 0.3) is 0 Å². The van der Waals surface area contributed by atoms with Gasteiger partial charge in [0, 0.05) is 5.56 Å². The van der Waals surface area contributed by atoms with E-state index in [4.69, 9.17) is 0 Å².